The summed E-state index contributed by atoms with van der Waals surface area (Å²) >= 11 is 0. The van der Waals surface area contributed by atoms with Gasteiger partial charge in [-0.2, -0.15) is 0 Å². The van der Waals surface area contributed by atoms with E-state index in [9.17, 15) is 0 Å². The molecular weight excluding hydrogens is 198 g/mol. The van der Waals surface area contributed by atoms with E-state index in [1.54, 1.807) is 0 Å². The number of morpholine rings is 1. The Bertz CT molecular complexity index is 229. The van der Waals surface area contributed by atoms with E-state index in [1.165, 1.54) is 45.2 Å². The second-order valence-electron chi connectivity index (χ2n) is 6.26. The van der Waals surface area contributed by atoms with Crippen molar-refractivity contribution in [3.63, 3.8) is 0 Å². The lowest BCUT2D eigenvalue weighted by Gasteiger charge is -2.34. The highest BCUT2D eigenvalue weighted by atomic mass is 16.5. The molecule has 3 fully saturated rings. The van der Waals surface area contributed by atoms with Crippen molar-refractivity contribution < 1.29 is 4.74 Å². The molecule has 94 valence electrons. The third-order valence-corrected chi connectivity index (χ3v) is 3.84. The minimum absolute atomic E-state index is 0.323. The minimum atomic E-state index is 0.323. The van der Waals surface area contributed by atoms with Crippen LogP contribution in [0.1, 0.15) is 52.9 Å². The van der Waals surface area contributed by atoms with E-state index in [2.05, 4.69) is 25.7 Å². The first-order chi connectivity index (χ1) is 7.61. The Labute approximate surface area is 100 Å². The topological polar surface area (TPSA) is 12.5 Å². The summed E-state index contributed by atoms with van der Waals surface area (Å²) in [7, 11) is 0. The van der Waals surface area contributed by atoms with Crippen molar-refractivity contribution in [2.75, 3.05) is 26.2 Å². The fourth-order valence-electron chi connectivity index (χ4n) is 2.41. The van der Waals surface area contributed by atoms with E-state index < -0.39 is 0 Å². The van der Waals surface area contributed by atoms with Crippen LogP contribution in [0.2, 0.25) is 0 Å². The van der Waals surface area contributed by atoms with Gasteiger partial charge in [0.15, 0.2) is 0 Å². The van der Waals surface area contributed by atoms with Crippen LogP contribution in [-0.2, 0) is 4.74 Å². The molecule has 2 heteroatoms. The van der Waals surface area contributed by atoms with Gasteiger partial charge in [0.1, 0.15) is 0 Å². The maximum Gasteiger partial charge on any atom is 0.0811 e. The highest BCUT2D eigenvalue weighted by Crippen LogP contribution is 2.47. The van der Waals surface area contributed by atoms with Crippen LogP contribution >= 0.6 is 0 Å². The van der Waals surface area contributed by atoms with E-state index in [0.29, 0.717) is 11.0 Å². The molecular formula is C14H27NO. The van der Waals surface area contributed by atoms with Gasteiger partial charge in [-0.05, 0) is 31.1 Å². The molecule has 0 unspecified atom stereocenters. The molecule has 16 heavy (non-hydrogen) atoms. The van der Waals surface area contributed by atoms with Gasteiger partial charge >= 0.3 is 0 Å². The molecule has 0 N–H and O–H groups in total. The van der Waals surface area contributed by atoms with Crippen LogP contribution in [0.3, 0.4) is 0 Å². The molecule has 2 saturated carbocycles. The Hall–Kier alpha value is -0.0800. The molecule has 0 radical (unpaired) electrons. The number of rotatable bonds is 2. The van der Waals surface area contributed by atoms with E-state index in [-0.39, 0.29) is 0 Å². The molecule has 0 aromatic carbocycles. The number of hydrogen-bond donors (Lipinski definition) is 0. The van der Waals surface area contributed by atoms with Crippen molar-refractivity contribution in [3.8, 4) is 0 Å². The molecule has 0 aromatic heterocycles. The predicted octanol–water partition coefficient (Wildman–Crippen LogP) is 3.07. The maximum atomic E-state index is 5.80. The molecule has 0 bridgehead atoms. The monoisotopic (exact) mass is 225 g/mol. The summed E-state index contributed by atoms with van der Waals surface area (Å²) in [6.45, 7) is 11.3. The van der Waals surface area contributed by atoms with Gasteiger partial charge in [0.05, 0.1) is 12.2 Å². The molecule has 3 aliphatic rings. The third kappa shape index (κ3) is 3.21. The molecule has 0 aromatic rings. The third-order valence-electron chi connectivity index (χ3n) is 3.84. The van der Waals surface area contributed by atoms with Gasteiger partial charge in [0.25, 0.3) is 0 Å². The molecule has 1 aliphatic heterocycles. The molecule has 1 saturated heterocycles. The van der Waals surface area contributed by atoms with Gasteiger partial charge in [-0.3, -0.25) is 4.90 Å². The summed E-state index contributed by atoms with van der Waals surface area (Å²) in [5.74, 6) is 0. The fraction of sp³-hybridized carbons (Fsp3) is 1.00. The van der Waals surface area contributed by atoms with Crippen molar-refractivity contribution in [1.82, 2.24) is 4.90 Å². The Morgan fingerprint density at radius 1 is 1.12 bits per heavy atom. The van der Waals surface area contributed by atoms with Crippen molar-refractivity contribution in [3.05, 3.63) is 0 Å². The largest absolute Gasteiger partial charge is 0.372 e. The maximum absolute atomic E-state index is 5.80. The normalized spacial score (nSPS) is 29.4. The van der Waals surface area contributed by atoms with Crippen LogP contribution < -0.4 is 0 Å². The van der Waals surface area contributed by atoms with Crippen LogP contribution in [0.4, 0.5) is 0 Å². The molecule has 0 amide bonds. The lowest BCUT2D eigenvalue weighted by atomic mass is 10.1. The number of hydrogen-bond acceptors (Lipinski definition) is 2. The van der Waals surface area contributed by atoms with Crippen LogP contribution in [0, 0.1) is 5.41 Å². The van der Waals surface area contributed by atoms with Crippen molar-refractivity contribution in [2.24, 2.45) is 5.41 Å². The number of nitrogens with zero attached hydrogens (tertiary/aromatic N) is 1. The molecule has 1 heterocycles. The molecule has 2 nitrogen and oxygen atoms in total. The van der Waals surface area contributed by atoms with Gasteiger partial charge in [-0.15, -0.1) is 0 Å². The summed E-state index contributed by atoms with van der Waals surface area (Å²) in [5, 5.41) is 0. The highest BCUT2D eigenvalue weighted by Gasteiger charge is 2.49. The zero-order valence-corrected chi connectivity index (χ0v) is 11.2. The van der Waals surface area contributed by atoms with Gasteiger partial charge in [-0.1, -0.05) is 27.2 Å². The lowest BCUT2D eigenvalue weighted by Crippen LogP contribution is -2.45. The summed E-state index contributed by atoms with van der Waals surface area (Å²) in [6, 6.07) is 0. The van der Waals surface area contributed by atoms with E-state index >= 15 is 0 Å². The average molecular weight is 225 g/mol. The van der Waals surface area contributed by atoms with Gasteiger partial charge < -0.3 is 4.74 Å². The van der Waals surface area contributed by atoms with Crippen LogP contribution in [0.25, 0.3) is 0 Å². The van der Waals surface area contributed by atoms with Crippen LogP contribution in [-0.4, -0.2) is 36.7 Å². The standard InChI is InChI=1S/C11H19NO.C3H8/c1-10(2-3-10)8-12-6-7-13-11(9-12)4-5-11;1-3-2/h2-9H2,1H3;3H2,1-2H3. The van der Waals surface area contributed by atoms with E-state index in [0.717, 1.165) is 13.2 Å². The zero-order chi connectivity index (χ0) is 11.6. The van der Waals surface area contributed by atoms with Crippen LogP contribution in [0.15, 0.2) is 0 Å². The van der Waals surface area contributed by atoms with Crippen molar-refractivity contribution >= 4 is 0 Å². The first-order valence-electron chi connectivity index (χ1n) is 6.98. The predicted molar refractivity (Wildman–Crippen MR) is 67.7 cm³/mol. The van der Waals surface area contributed by atoms with Gasteiger partial charge in [-0.25, -0.2) is 0 Å². The first kappa shape index (κ1) is 12.4. The SMILES string of the molecule is CC1(CN2CCOC3(CC3)C2)CC1.CCC. The smallest absolute Gasteiger partial charge is 0.0811 e. The van der Waals surface area contributed by atoms with E-state index in [1.807, 2.05) is 0 Å². The fourth-order valence-corrected chi connectivity index (χ4v) is 2.41. The molecule has 1 spiro atoms. The number of ether oxygens (including phenoxy) is 1. The minimum Gasteiger partial charge on any atom is -0.372 e. The summed E-state index contributed by atoms with van der Waals surface area (Å²) < 4.78 is 5.80. The molecule has 0 atom stereocenters. The zero-order valence-electron chi connectivity index (χ0n) is 11.2. The van der Waals surface area contributed by atoms with E-state index in [4.69, 9.17) is 4.74 Å². The first-order valence-corrected chi connectivity index (χ1v) is 6.98. The highest BCUT2D eigenvalue weighted by molar-refractivity contribution is 5.02. The van der Waals surface area contributed by atoms with Crippen molar-refractivity contribution in [1.29, 1.82) is 0 Å². The molecule has 2 aliphatic carbocycles. The quantitative estimate of drug-likeness (QED) is 0.716. The lowest BCUT2D eigenvalue weighted by molar-refractivity contribution is -0.0505. The Balaban J connectivity index is 0.000000292. The second kappa shape index (κ2) is 4.66. The molecule has 3 rings (SSSR count). The summed E-state index contributed by atoms with van der Waals surface area (Å²) in [5.41, 5.74) is 0.997. The van der Waals surface area contributed by atoms with Gasteiger partial charge in [0, 0.05) is 19.6 Å². The Morgan fingerprint density at radius 3 is 2.25 bits per heavy atom. The van der Waals surface area contributed by atoms with Gasteiger partial charge in [0.2, 0.25) is 0 Å². The van der Waals surface area contributed by atoms with Crippen LogP contribution in [0.5, 0.6) is 0 Å². The summed E-state index contributed by atoms with van der Waals surface area (Å²) in [4.78, 5) is 2.63. The Morgan fingerprint density at radius 2 is 1.75 bits per heavy atom. The summed E-state index contributed by atoms with van der Waals surface area (Å²) in [6.07, 6.45) is 6.75. The Kier molecular flexibility index (Phi) is 3.60. The second-order valence-corrected chi connectivity index (χ2v) is 6.26. The van der Waals surface area contributed by atoms with Crippen molar-refractivity contribution in [2.45, 2.75) is 58.5 Å². The average Bonchev–Trinajstić information content (AvgIpc) is 3.11.